The average molecular weight is 391 g/mol. The lowest BCUT2D eigenvalue weighted by Crippen LogP contribution is -2.37. The van der Waals surface area contributed by atoms with E-state index in [9.17, 15) is 4.79 Å². The lowest BCUT2D eigenvalue weighted by molar-refractivity contribution is -0.683. The van der Waals surface area contributed by atoms with Crippen LogP contribution in [-0.4, -0.2) is 10.8 Å². The fourth-order valence-electron chi connectivity index (χ4n) is 3.66. The van der Waals surface area contributed by atoms with Gasteiger partial charge in [0, 0.05) is 10.9 Å². The predicted molar refractivity (Wildman–Crippen MR) is 117 cm³/mol. The minimum atomic E-state index is 0.0360. The van der Waals surface area contributed by atoms with Crippen molar-refractivity contribution < 1.29 is 14.1 Å². The van der Waals surface area contributed by atoms with E-state index in [0.717, 1.165) is 21.9 Å². The molecule has 0 atom stereocenters. The molecule has 144 valence electrons. The standard InChI is InChI=1S/C26H19N2O2/c29-24(19-8-2-1-3-9-19)17-28-15-14-27-26(18-28)30-25-16-20-10-4-5-11-21(20)22-12-6-7-13-23(22)25/h1-16,18H,17H2/q+1. The minimum absolute atomic E-state index is 0.0360. The van der Waals surface area contributed by atoms with Crippen LogP contribution in [0.5, 0.6) is 11.6 Å². The first kappa shape index (κ1) is 18.0. The van der Waals surface area contributed by atoms with Crippen molar-refractivity contribution in [3.63, 3.8) is 0 Å². The third kappa shape index (κ3) is 3.51. The summed E-state index contributed by atoms with van der Waals surface area (Å²) in [5.74, 6) is 1.22. The Morgan fingerprint density at radius 1 is 0.833 bits per heavy atom. The number of ether oxygens (including phenoxy) is 1. The van der Waals surface area contributed by atoms with Crippen molar-refractivity contribution in [3.8, 4) is 11.6 Å². The van der Waals surface area contributed by atoms with Gasteiger partial charge in [-0.2, -0.15) is 4.57 Å². The molecule has 0 aliphatic heterocycles. The van der Waals surface area contributed by atoms with Crippen LogP contribution in [-0.2, 0) is 6.54 Å². The minimum Gasteiger partial charge on any atom is -0.434 e. The molecule has 5 rings (SSSR count). The number of hydrogen-bond acceptors (Lipinski definition) is 3. The van der Waals surface area contributed by atoms with Crippen LogP contribution in [0.3, 0.4) is 0 Å². The van der Waals surface area contributed by atoms with Gasteiger partial charge in [-0.3, -0.25) is 4.79 Å². The van der Waals surface area contributed by atoms with Crippen LogP contribution >= 0.6 is 0 Å². The molecule has 0 radical (unpaired) electrons. The molecule has 4 heteroatoms. The fourth-order valence-corrected chi connectivity index (χ4v) is 3.66. The van der Waals surface area contributed by atoms with Gasteiger partial charge in [0.25, 0.3) is 5.88 Å². The van der Waals surface area contributed by atoms with Gasteiger partial charge in [0.05, 0.1) is 6.20 Å². The van der Waals surface area contributed by atoms with Crippen LogP contribution in [0.25, 0.3) is 21.5 Å². The van der Waals surface area contributed by atoms with Crippen LogP contribution in [0, 0.1) is 0 Å². The SMILES string of the molecule is O=C(C[n+]1ccnc(Oc2cc3ccccc3c3ccccc23)c1)c1ccccc1. The molecule has 1 aromatic heterocycles. The number of aromatic nitrogens is 2. The third-order valence-electron chi connectivity index (χ3n) is 5.10. The number of Topliss-reactive ketones (excluding diaryl/α,β-unsaturated/α-hetero) is 1. The summed E-state index contributed by atoms with van der Waals surface area (Å²) in [6.07, 6.45) is 5.17. The second kappa shape index (κ2) is 7.76. The van der Waals surface area contributed by atoms with Crippen molar-refractivity contribution in [1.82, 2.24) is 4.98 Å². The van der Waals surface area contributed by atoms with Crippen LogP contribution in [0.1, 0.15) is 10.4 Å². The molecular weight excluding hydrogens is 372 g/mol. The number of carbonyl (C=O) groups is 1. The molecule has 30 heavy (non-hydrogen) atoms. The largest absolute Gasteiger partial charge is 0.434 e. The maximum Gasteiger partial charge on any atom is 0.285 e. The van der Waals surface area contributed by atoms with Gasteiger partial charge in [0.15, 0.2) is 6.20 Å². The monoisotopic (exact) mass is 391 g/mol. The molecule has 0 saturated carbocycles. The molecule has 0 aliphatic carbocycles. The molecule has 0 saturated heterocycles. The number of fused-ring (bicyclic) bond motifs is 3. The molecule has 0 bridgehead atoms. The molecule has 0 aliphatic rings. The summed E-state index contributed by atoms with van der Waals surface area (Å²) in [5.41, 5.74) is 0.685. The van der Waals surface area contributed by atoms with Crippen molar-refractivity contribution in [2.75, 3.05) is 0 Å². The number of carbonyl (C=O) groups excluding carboxylic acids is 1. The van der Waals surface area contributed by atoms with E-state index >= 15 is 0 Å². The zero-order chi connectivity index (χ0) is 20.3. The Morgan fingerprint density at radius 2 is 1.53 bits per heavy atom. The van der Waals surface area contributed by atoms with Gasteiger partial charge < -0.3 is 4.74 Å². The van der Waals surface area contributed by atoms with Gasteiger partial charge in [-0.1, -0.05) is 78.9 Å². The highest BCUT2D eigenvalue weighted by atomic mass is 16.5. The highest BCUT2D eigenvalue weighted by Gasteiger charge is 2.15. The molecule has 0 fully saturated rings. The van der Waals surface area contributed by atoms with Gasteiger partial charge in [0.1, 0.15) is 5.75 Å². The van der Waals surface area contributed by atoms with E-state index in [-0.39, 0.29) is 12.3 Å². The first-order valence-corrected chi connectivity index (χ1v) is 9.80. The maximum atomic E-state index is 12.5. The summed E-state index contributed by atoms with van der Waals surface area (Å²) in [7, 11) is 0. The second-order valence-corrected chi connectivity index (χ2v) is 7.10. The zero-order valence-corrected chi connectivity index (χ0v) is 16.2. The van der Waals surface area contributed by atoms with Crippen LogP contribution < -0.4 is 9.30 Å². The van der Waals surface area contributed by atoms with E-state index in [1.54, 1.807) is 23.2 Å². The maximum absolute atomic E-state index is 12.5. The molecule has 4 aromatic carbocycles. The molecule has 0 N–H and O–H groups in total. The Balaban J connectivity index is 1.48. The Kier molecular flexibility index (Phi) is 4.66. The number of ketones is 1. The van der Waals surface area contributed by atoms with Gasteiger partial charge in [-0.05, 0) is 22.2 Å². The van der Waals surface area contributed by atoms with E-state index < -0.39 is 0 Å². The molecule has 0 unspecified atom stereocenters. The number of hydrogen-bond donors (Lipinski definition) is 0. The van der Waals surface area contributed by atoms with Gasteiger partial charge in [-0.25, -0.2) is 4.98 Å². The van der Waals surface area contributed by atoms with Crippen molar-refractivity contribution in [1.29, 1.82) is 0 Å². The predicted octanol–water partition coefficient (Wildman–Crippen LogP) is 5.35. The average Bonchev–Trinajstić information content (AvgIpc) is 2.80. The number of nitrogens with zero attached hydrogens (tertiary/aromatic N) is 2. The summed E-state index contributed by atoms with van der Waals surface area (Å²) in [4.78, 5) is 16.9. The van der Waals surface area contributed by atoms with E-state index in [1.807, 2.05) is 66.7 Å². The van der Waals surface area contributed by atoms with E-state index in [4.69, 9.17) is 4.74 Å². The van der Waals surface area contributed by atoms with Crippen LogP contribution in [0.2, 0.25) is 0 Å². The Hall–Kier alpha value is -4.05. The number of benzene rings is 4. The molecule has 1 heterocycles. The molecular formula is C26H19N2O2+. The summed E-state index contributed by atoms with van der Waals surface area (Å²) in [5, 5.41) is 4.45. The quantitative estimate of drug-likeness (QED) is 0.230. The summed E-state index contributed by atoms with van der Waals surface area (Å²) < 4.78 is 7.98. The second-order valence-electron chi connectivity index (χ2n) is 7.10. The van der Waals surface area contributed by atoms with Gasteiger partial charge >= 0.3 is 0 Å². The van der Waals surface area contributed by atoms with Crippen LogP contribution in [0.4, 0.5) is 0 Å². The van der Waals surface area contributed by atoms with E-state index in [2.05, 4.69) is 23.2 Å². The highest BCUT2D eigenvalue weighted by molar-refractivity contribution is 6.10. The fraction of sp³-hybridized carbons (Fsp3) is 0.0385. The normalized spacial score (nSPS) is 10.9. The molecule has 0 amide bonds. The molecule has 5 aromatic rings. The first-order chi connectivity index (χ1) is 14.8. The highest BCUT2D eigenvalue weighted by Crippen LogP contribution is 2.35. The van der Waals surface area contributed by atoms with Gasteiger partial charge in [-0.15, -0.1) is 0 Å². The van der Waals surface area contributed by atoms with Crippen molar-refractivity contribution >= 4 is 27.3 Å². The summed E-state index contributed by atoms with van der Waals surface area (Å²) >= 11 is 0. The summed E-state index contributed by atoms with van der Waals surface area (Å²) in [6.45, 7) is 0.224. The topological polar surface area (TPSA) is 43.1 Å². The Labute approximate surface area is 174 Å². The van der Waals surface area contributed by atoms with Gasteiger partial charge in [0.2, 0.25) is 18.5 Å². The molecule has 0 spiro atoms. The van der Waals surface area contributed by atoms with Crippen molar-refractivity contribution in [3.05, 3.63) is 109 Å². The third-order valence-corrected chi connectivity index (χ3v) is 5.10. The Bertz CT molecular complexity index is 1360. The molecule has 4 nitrogen and oxygen atoms in total. The summed E-state index contributed by atoms with van der Waals surface area (Å²) in [6, 6.07) is 27.7. The Morgan fingerprint density at radius 3 is 2.37 bits per heavy atom. The number of rotatable bonds is 5. The van der Waals surface area contributed by atoms with E-state index in [1.165, 1.54) is 5.39 Å². The van der Waals surface area contributed by atoms with Crippen LogP contribution in [0.15, 0.2) is 104 Å². The van der Waals surface area contributed by atoms with E-state index in [0.29, 0.717) is 11.4 Å². The van der Waals surface area contributed by atoms with Crippen molar-refractivity contribution in [2.45, 2.75) is 6.54 Å². The lowest BCUT2D eigenvalue weighted by Gasteiger charge is -2.10. The smallest absolute Gasteiger partial charge is 0.285 e. The van der Waals surface area contributed by atoms with Crippen molar-refractivity contribution in [2.24, 2.45) is 0 Å². The zero-order valence-electron chi connectivity index (χ0n) is 16.2. The lowest BCUT2D eigenvalue weighted by atomic mass is 10.0. The first-order valence-electron chi connectivity index (χ1n) is 9.80.